The summed E-state index contributed by atoms with van der Waals surface area (Å²) in [6.45, 7) is 5.62. The van der Waals surface area contributed by atoms with Crippen molar-refractivity contribution >= 4 is 0 Å². The molecule has 1 radical (unpaired) electrons. The van der Waals surface area contributed by atoms with Crippen molar-refractivity contribution in [2.24, 2.45) is 17.1 Å². The van der Waals surface area contributed by atoms with Crippen molar-refractivity contribution in [3.8, 4) is 0 Å². The minimum atomic E-state index is -0.620. The van der Waals surface area contributed by atoms with Crippen LogP contribution >= 0.6 is 0 Å². The quantitative estimate of drug-likeness (QED) is 0.440. The molecule has 1 heterocycles. The Balaban J connectivity index is 2.50. The van der Waals surface area contributed by atoms with Gasteiger partial charge in [-0.15, -0.1) is 0 Å². The molecule has 0 saturated carbocycles. The normalized spacial score (nSPS) is 30.0. The van der Waals surface area contributed by atoms with Gasteiger partial charge in [-0.1, -0.05) is 13.8 Å². The highest BCUT2D eigenvalue weighted by Gasteiger charge is 2.26. The molecule has 2 unspecified atom stereocenters. The second-order valence-electron chi connectivity index (χ2n) is 3.64. The van der Waals surface area contributed by atoms with E-state index in [1.54, 1.807) is 5.01 Å². The highest BCUT2D eigenvalue weighted by molar-refractivity contribution is 4.70. The van der Waals surface area contributed by atoms with Crippen LogP contribution in [0.5, 0.6) is 0 Å². The summed E-state index contributed by atoms with van der Waals surface area (Å²) in [6.07, 6.45) is 1.14. The molecule has 5 nitrogen and oxygen atoms in total. The van der Waals surface area contributed by atoms with Crippen LogP contribution in [0.25, 0.3) is 0 Å². The van der Waals surface area contributed by atoms with Crippen molar-refractivity contribution in [1.82, 2.24) is 5.01 Å². The van der Waals surface area contributed by atoms with Gasteiger partial charge in [0.1, 0.15) is 18.3 Å². The predicted octanol–water partition coefficient (Wildman–Crippen LogP) is 1.19. The monoisotopic (exact) mass is 172 g/mol. The summed E-state index contributed by atoms with van der Waals surface area (Å²) in [5, 5.41) is 24.4. The lowest BCUT2D eigenvalue weighted by molar-refractivity contribution is -0.822. The Kier molecular flexibility index (Phi) is 2.73. The Morgan fingerprint density at radius 1 is 1.42 bits per heavy atom. The lowest BCUT2D eigenvalue weighted by Gasteiger charge is -2.26. The molecular weight excluding hydrogens is 158 g/mol. The maximum atomic E-state index is 10.1. The number of hydrogen-bond donors (Lipinski definition) is 0. The molecule has 0 aromatic carbocycles. The van der Waals surface area contributed by atoms with Gasteiger partial charge in [-0.05, 0) is 18.3 Å². The zero-order valence-corrected chi connectivity index (χ0v) is 7.43. The molecule has 1 fully saturated rings. The fourth-order valence-corrected chi connectivity index (χ4v) is 1.81. The smallest absolute Gasteiger partial charge is 0.131 e. The Labute approximate surface area is 71.8 Å². The van der Waals surface area contributed by atoms with Gasteiger partial charge in [0.05, 0.1) is 5.02 Å². The van der Waals surface area contributed by atoms with E-state index in [0.29, 0.717) is 24.9 Å². The summed E-state index contributed by atoms with van der Waals surface area (Å²) >= 11 is 0. The molecule has 0 aliphatic carbocycles. The third-order valence-electron chi connectivity index (χ3n) is 2.05. The summed E-state index contributed by atoms with van der Waals surface area (Å²) in [4.78, 5) is 0. The predicted molar refractivity (Wildman–Crippen MR) is 41.3 cm³/mol. The van der Waals surface area contributed by atoms with Crippen LogP contribution in [0.2, 0.25) is 0 Å². The standard InChI is InChI=1S/C7H14N3O2/c1-6-3-7(2)5-9(4-6)8-10(11)12/h6-7H,3-5H2,1-2H3. The summed E-state index contributed by atoms with van der Waals surface area (Å²) in [5.74, 6) is 1.02. The molecule has 0 N–H and O–H groups in total. The van der Waals surface area contributed by atoms with Crippen LogP contribution in [0.4, 0.5) is 0 Å². The molecule has 1 aliphatic heterocycles. The van der Waals surface area contributed by atoms with E-state index in [-0.39, 0.29) is 0 Å². The molecule has 5 heteroatoms. The lowest BCUT2D eigenvalue weighted by atomic mass is 9.93. The van der Waals surface area contributed by atoms with Gasteiger partial charge in [-0.25, -0.2) is 0 Å². The van der Waals surface area contributed by atoms with Gasteiger partial charge in [0.2, 0.25) is 0 Å². The van der Waals surface area contributed by atoms with E-state index in [1.165, 1.54) is 0 Å². The number of rotatable bonds is 1. The Bertz CT molecular complexity index is 169. The van der Waals surface area contributed by atoms with Crippen LogP contribution in [0, 0.1) is 17.0 Å². The SMILES string of the molecule is CC1CC(C)CN(N=[N+]([O])[O-])C1. The lowest BCUT2D eigenvalue weighted by Crippen LogP contribution is -2.35. The molecule has 0 aromatic heterocycles. The van der Waals surface area contributed by atoms with E-state index in [9.17, 15) is 10.4 Å². The Morgan fingerprint density at radius 3 is 2.33 bits per heavy atom. The van der Waals surface area contributed by atoms with Crippen LogP contribution in [0.1, 0.15) is 20.3 Å². The third-order valence-corrected chi connectivity index (χ3v) is 2.05. The average Bonchev–Trinajstić information content (AvgIpc) is 1.81. The van der Waals surface area contributed by atoms with Crippen LogP contribution in [-0.2, 0) is 5.21 Å². The molecule has 69 valence electrons. The number of hydrogen-bond acceptors (Lipinski definition) is 2. The van der Waals surface area contributed by atoms with Crippen molar-refractivity contribution in [2.45, 2.75) is 20.3 Å². The summed E-state index contributed by atoms with van der Waals surface area (Å²) in [6, 6.07) is 0. The fourth-order valence-electron chi connectivity index (χ4n) is 1.81. The van der Waals surface area contributed by atoms with E-state index in [0.717, 1.165) is 6.42 Å². The molecule has 0 bridgehead atoms. The second-order valence-corrected chi connectivity index (χ2v) is 3.64. The van der Waals surface area contributed by atoms with Gasteiger partial charge < -0.3 is 10.4 Å². The van der Waals surface area contributed by atoms with E-state index in [1.807, 2.05) is 0 Å². The van der Waals surface area contributed by atoms with Gasteiger partial charge in [0, 0.05) is 0 Å². The number of piperidine rings is 1. The number of nitrogens with zero attached hydrogens (tertiary/aromatic N) is 3. The summed E-state index contributed by atoms with van der Waals surface area (Å²) in [5.41, 5.74) is 0. The van der Waals surface area contributed by atoms with Gasteiger partial charge in [0.25, 0.3) is 0 Å². The van der Waals surface area contributed by atoms with Crippen molar-refractivity contribution in [3.63, 3.8) is 0 Å². The first-order valence-corrected chi connectivity index (χ1v) is 4.19. The third kappa shape index (κ3) is 2.56. The minimum Gasteiger partial charge on any atom is -0.338 e. The highest BCUT2D eigenvalue weighted by atomic mass is 16.8. The van der Waals surface area contributed by atoms with E-state index in [4.69, 9.17) is 0 Å². The molecule has 0 amide bonds. The van der Waals surface area contributed by atoms with Crippen LogP contribution in [0.15, 0.2) is 5.22 Å². The topological polar surface area (TPSA) is 61.6 Å². The average molecular weight is 172 g/mol. The van der Waals surface area contributed by atoms with Crippen molar-refractivity contribution < 1.29 is 10.2 Å². The molecule has 0 aromatic rings. The molecule has 1 aliphatic rings. The largest absolute Gasteiger partial charge is 0.338 e. The maximum Gasteiger partial charge on any atom is 0.131 e. The van der Waals surface area contributed by atoms with Gasteiger partial charge >= 0.3 is 0 Å². The Morgan fingerprint density at radius 2 is 1.92 bits per heavy atom. The van der Waals surface area contributed by atoms with Crippen molar-refractivity contribution in [1.29, 1.82) is 0 Å². The first kappa shape index (κ1) is 9.09. The van der Waals surface area contributed by atoms with Crippen LogP contribution in [0.3, 0.4) is 0 Å². The zero-order chi connectivity index (χ0) is 9.14. The summed E-state index contributed by atoms with van der Waals surface area (Å²) < 4.78 is 0. The summed E-state index contributed by atoms with van der Waals surface area (Å²) in [7, 11) is 0. The maximum absolute atomic E-state index is 10.1. The molecular formula is C7H14N3O2. The van der Waals surface area contributed by atoms with Gasteiger partial charge in [-0.2, -0.15) is 5.01 Å². The van der Waals surface area contributed by atoms with E-state index < -0.39 is 5.02 Å². The van der Waals surface area contributed by atoms with E-state index in [2.05, 4.69) is 19.1 Å². The second kappa shape index (κ2) is 3.60. The Hall–Kier alpha value is -1.00. The fraction of sp³-hybridized carbons (Fsp3) is 1.00. The molecule has 12 heavy (non-hydrogen) atoms. The van der Waals surface area contributed by atoms with E-state index >= 15 is 0 Å². The van der Waals surface area contributed by atoms with Crippen molar-refractivity contribution in [3.05, 3.63) is 5.21 Å². The molecule has 1 rings (SSSR count). The van der Waals surface area contributed by atoms with Gasteiger partial charge in [0.15, 0.2) is 0 Å². The first-order chi connectivity index (χ1) is 5.58. The van der Waals surface area contributed by atoms with Crippen LogP contribution in [-0.4, -0.2) is 23.1 Å². The molecule has 0 spiro atoms. The highest BCUT2D eigenvalue weighted by Crippen LogP contribution is 2.20. The molecule has 2 atom stereocenters. The van der Waals surface area contributed by atoms with Crippen molar-refractivity contribution in [2.75, 3.05) is 13.1 Å². The zero-order valence-electron chi connectivity index (χ0n) is 7.43. The van der Waals surface area contributed by atoms with Crippen LogP contribution < -0.4 is 0 Å². The minimum absolute atomic E-state index is 0.512. The first-order valence-electron chi connectivity index (χ1n) is 4.19. The van der Waals surface area contributed by atoms with Gasteiger partial charge in [-0.3, -0.25) is 0 Å². The molecule has 1 saturated heterocycles.